The van der Waals surface area contributed by atoms with Crippen molar-refractivity contribution in [3.8, 4) is 10.4 Å². The van der Waals surface area contributed by atoms with Crippen molar-refractivity contribution >= 4 is 28.9 Å². The second kappa shape index (κ2) is 8.02. The van der Waals surface area contributed by atoms with Crippen LogP contribution in [0.3, 0.4) is 0 Å². The van der Waals surface area contributed by atoms with Gasteiger partial charge in [-0.05, 0) is 50.1 Å². The molecule has 0 radical (unpaired) electrons. The number of nitrogens with zero attached hydrogens (tertiary/aromatic N) is 3. The van der Waals surface area contributed by atoms with Crippen LogP contribution in [0.15, 0.2) is 36.7 Å². The van der Waals surface area contributed by atoms with Crippen molar-refractivity contribution < 1.29 is 23.1 Å². The summed E-state index contributed by atoms with van der Waals surface area (Å²) in [4.78, 5) is 23.9. The maximum atomic E-state index is 12.9. The van der Waals surface area contributed by atoms with Gasteiger partial charge in [-0.25, -0.2) is 15.0 Å². The number of hydrogen-bond donors (Lipinski definition) is 2. The lowest BCUT2D eigenvalue weighted by atomic mass is 9.90. The fraction of sp³-hybridized carbons (Fsp3) is 0.300. The number of carboxylic acids is 1. The zero-order valence-corrected chi connectivity index (χ0v) is 17.2. The Morgan fingerprint density at radius 3 is 2.60 bits per heavy atom. The van der Waals surface area contributed by atoms with Gasteiger partial charge in [0.05, 0.1) is 15.3 Å². The molecule has 158 valence electrons. The Balaban J connectivity index is 1.86. The number of aryl methyl sites for hydroxylation is 1. The van der Waals surface area contributed by atoms with Crippen LogP contribution < -0.4 is 5.32 Å². The fourth-order valence-electron chi connectivity index (χ4n) is 2.68. The van der Waals surface area contributed by atoms with E-state index in [0.717, 1.165) is 28.3 Å². The van der Waals surface area contributed by atoms with E-state index in [4.69, 9.17) is 0 Å². The molecule has 0 aliphatic heterocycles. The van der Waals surface area contributed by atoms with Gasteiger partial charge in [-0.3, -0.25) is 4.79 Å². The molecule has 3 rings (SSSR count). The van der Waals surface area contributed by atoms with Crippen molar-refractivity contribution in [3.05, 3.63) is 52.9 Å². The SMILES string of the molecule is Cc1cc(Nc2nccc(C(F)(F)F)n2)cc(-c2cnc(CC(C)(C)C(=O)O)s2)c1. The number of thiazole rings is 1. The second-order valence-corrected chi connectivity index (χ2v) is 8.58. The fourth-order valence-corrected chi connectivity index (χ4v) is 3.82. The maximum Gasteiger partial charge on any atom is 0.433 e. The van der Waals surface area contributed by atoms with Crippen molar-refractivity contribution in [1.29, 1.82) is 0 Å². The highest BCUT2D eigenvalue weighted by Crippen LogP contribution is 2.33. The van der Waals surface area contributed by atoms with Crippen molar-refractivity contribution in [2.24, 2.45) is 5.41 Å². The van der Waals surface area contributed by atoms with Gasteiger partial charge < -0.3 is 10.4 Å². The van der Waals surface area contributed by atoms with E-state index in [1.165, 1.54) is 11.3 Å². The molecule has 0 unspecified atom stereocenters. The highest BCUT2D eigenvalue weighted by Gasteiger charge is 2.33. The third-order valence-electron chi connectivity index (χ3n) is 4.29. The predicted molar refractivity (Wildman–Crippen MR) is 108 cm³/mol. The molecule has 2 heterocycles. The van der Waals surface area contributed by atoms with Gasteiger partial charge >= 0.3 is 12.1 Å². The Morgan fingerprint density at radius 2 is 1.93 bits per heavy atom. The smallest absolute Gasteiger partial charge is 0.433 e. The highest BCUT2D eigenvalue weighted by atomic mass is 32.1. The standard InChI is InChI=1S/C20H19F3N4O2S/c1-11-6-12(14-10-25-16(30-14)9-19(2,3)17(28)29)8-13(7-11)26-18-24-5-4-15(27-18)20(21,22)23/h4-8,10H,9H2,1-3H3,(H,28,29)(H,24,26,27). The molecular weight excluding hydrogens is 417 g/mol. The Bertz CT molecular complexity index is 1080. The number of rotatable bonds is 6. The van der Waals surface area contributed by atoms with Crippen molar-refractivity contribution in [2.45, 2.75) is 33.4 Å². The summed E-state index contributed by atoms with van der Waals surface area (Å²) >= 11 is 1.38. The van der Waals surface area contributed by atoms with Crippen LogP contribution in [0.1, 0.15) is 30.1 Å². The molecule has 0 saturated heterocycles. The number of aliphatic carboxylic acids is 1. The molecule has 6 nitrogen and oxygen atoms in total. The lowest BCUT2D eigenvalue weighted by Gasteiger charge is -2.16. The van der Waals surface area contributed by atoms with E-state index in [0.29, 0.717) is 17.1 Å². The summed E-state index contributed by atoms with van der Waals surface area (Å²) in [5.41, 5.74) is 0.255. The van der Waals surface area contributed by atoms with E-state index in [-0.39, 0.29) is 5.95 Å². The third-order valence-corrected chi connectivity index (χ3v) is 5.34. The topological polar surface area (TPSA) is 88.0 Å². The Morgan fingerprint density at radius 1 is 1.20 bits per heavy atom. The van der Waals surface area contributed by atoms with Crippen LogP contribution in [-0.4, -0.2) is 26.0 Å². The number of aromatic nitrogens is 3. The van der Waals surface area contributed by atoms with E-state index in [1.54, 1.807) is 32.2 Å². The van der Waals surface area contributed by atoms with Gasteiger partial charge in [-0.15, -0.1) is 11.3 Å². The summed E-state index contributed by atoms with van der Waals surface area (Å²) in [5.74, 6) is -1.06. The van der Waals surface area contributed by atoms with Crippen LogP contribution in [0.25, 0.3) is 10.4 Å². The molecule has 10 heteroatoms. The molecule has 0 aliphatic carbocycles. The number of anilines is 2. The van der Waals surface area contributed by atoms with Crippen molar-refractivity contribution in [1.82, 2.24) is 15.0 Å². The van der Waals surface area contributed by atoms with Crippen LogP contribution in [0.2, 0.25) is 0 Å². The molecule has 0 bridgehead atoms. The molecule has 1 aromatic carbocycles. The molecule has 3 aromatic rings. The summed E-state index contributed by atoms with van der Waals surface area (Å²) in [6, 6.07) is 6.25. The van der Waals surface area contributed by atoms with E-state index in [9.17, 15) is 23.1 Å². The number of alkyl halides is 3. The molecule has 0 aliphatic rings. The van der Waals surface area contributed by atoms with Crippen LogP contribution in [0.5, 0.6) is 0 Å². The minimum Gasteiger partial charge on any atom is -0.481 e. The van der Waals surface area contributed by atoms with Gasteiger partial charge in [0.25, 0.3) is 0 Å². The summed E-state index contributed by atoms with van der Waals surface area (Å²) in [6.07, 6.45) is -1.55. The van der Waals surface area contributed by atoms with Gasteiger partial charge in [0.15, 0.2) is 0 Å². The first-order valence-corrected chi connectivity index (χ1v) is 9.73. The number of benzene rings is 1. The first-order chi connectivity index (χ1) is 13.9. The van der Waals surface area contributed by atoms with E-state index >= 15 is 0 Å². The predicted octanol–water partition coefficient (Wildman–Crippen LogP) is 5.32. The molecule has 0 saturated carbocycles. The van der Waals surface area contributed by atoms with Crippen LogP contribution in [0.4, 0.5) is 24.8 Å². The maximum absolute atomic E-state index is 12.9. The minimum atomic E-state index is -4.56. The van der Waals surface area contributed by atoms with E-state index in [2.05, 4.69) is 20.3 Å². The number of nitrogens with one attached hydrogen (secondary N) is 1. The molecule has 30 heavy (non-hydrogen) atoms. The highest BCUT2D eigenvalue weighted by molar-refractivity contribution is 7.15. The normalized spacial score (nSPS) is 12.1. The average Bonchev–Trinajstić information content (AvgIpc) is 3.08. The summed E-state index contributed by atoms with van der Waals surface area (Å²) in [5, 5.41) is 12.8. The number of halogens is 3. The minimum absolute atomic E-state index is 0.158. The molecule has 0 amide bonds. The summed E-state index contributed by atoms with van der Waals surface area (Å²) < 4.78 is 38.6. The molecule has 0 atom stereocenters. The lowest BCUT2D eigenvalue weighted by Crippen LogP contribution is -2.26. The van der Waals surface area contributed by atoms with Gasteiger partial charge in [0.1, 0.15) is 5.69 Å². The van der Waals surface area contributed by atoms with Crippen LogP contribution in [0, 0.1) is 12.3 Å². The second-order valence-electron chi connectivity index (χ2n) is 7.46. The van der Waals surface area contributed by atoms with Crippen LogP contribution >= 0.6 is 11.3 Å². The molecule has 2 aromatic heterocycles. The largest absolute Gasteiger partial charge is 0.481 e. The Hall–Kier alpha value is -3.01. The Kier molecular flexibility index (Phi) is 5.80. The van der Waals surface area contributed by atoms with Gasteiger partial charge in [-0.2, -0.15) is 13.2 Å². The first-order valence-electron chi connectivity index (χ1n) is 8.91. The number of hydrogen-bond acceptors (Lipinski definition) is 6. The summed E-state index contributed by atoms with van der Waals surface area (Å²) in [6.45, 7) is 5.14. The molecular formula is C20H19F3N4O2S. The number of carbonyl (C=O) groups is 1. The zero-order chi connectivity index (χ0) is 22.1. The lowest BCUT2D eigenvalue weighted by molar-refractivity contribution is -0.146. The van der Waals surface area contributed by atoms with E-state index < -0.39 is 23.3 Å². The monoisotopic (exact) mass is 436 g/mol. The average molecular weight is 436 g/mol. The molecule has 2 N–H and O–H groups in total. The zero-order valence-electron chi connectivity index (χ0n) is 16.4. The van der Waals surface area contributed by atoms with Gasteiger partial charge in [-0.1, -0.05) is 6.07 Å². The molecule has 0 spiro atoms. The number of carboxylic acid groups (broad SMARTS) is 1. The quantitative estimate of drug-likeness (QED) is 0.543. The third kappa shape index (κ3) is 5.12. The van der Waals surface area contributed by atoms with E-state index in [1.807, 2.05) is 13.0 Å². The first kappa shape index (κ1) is 21.7. The summed E-state index contributed by atoms with van der Waals surface area (Å²) in [7, 11) is 0. The van der Waals surface area contributed by atoms with Crippen LogP contribution in [-0.2, 0) is 17.4 Å². The molecule has 0 fully saturated rings. The Labute approximate surface area is 174 Å². The van der Waals surface area contributed by atoms with Gasteiger partial charge in [0.2, 0.25) is 5.95 Å². The van der Waals surface area contributed by atoms with Crippen molar-refractivity contribution in [3.63, 3.8) is 0 Å². The van der Waals surface area contributed by atoms with Gasteiger partial charge in [0, 0.05) is 24.5 Å². The van der Waals surface area contributed by atoms with Crippen molar-refractivity contribution in [2.75, 3.05) is 5.32 Å².